The number of allylic oxidation sites excluding steroid dienone is 1. The number of halogens is 2. The van der Waals surface area contributed by atoms with E-state index < -0.39 is 18.4 Å². The van der Waals surface area contributed by atoms with Crippen molar-refractivity contribution in [3.8, 4) is 17.6 Å². The van der Waals surface area contributed by atoms with E-state index in [4.69, 9.17) is 9.47 Å². The highest BCUT2D eigenvalue weighted by atomic mass is 19.3. The third kappa shape index (κ3) is 4.84. The molecule has 1 aromatic heterocycles. The predicted octanol–water partition coefficient (Wildman–Crippen LogP) is 4.21. The van der Waals surface area contributed by atoms with Crippen molar-refractivity contribution in [2.45, 2.75) is 27.4 Å². The summed E-state index contributed by atoms with van der Waals surface area (Å²) >= 11 is 0. The molecule has 0 amide bonds. The minimum Gasteiger partial charge on any atom is -0.493 e. The highest BCUT2D eigenvalue weighted by molar-refractivity contribution is 6.15. The maximum atomic E-state index is 12.9. The number of rotatable bonds is 8. The van der Waals surface area contributed by atoms with Crippen LogP contribution < -0.4 is 9.47 Å². The van der Waals surface area contributed by atoms with Crippen LogP contribution in [-0.4, -0.2) is 37.1 Å². The molecule has 158 valence electrons. The number of alkyl halides is 2. The van der Waals surface area contributed by atoms with Crippen molar-refractivity contribution in [1.29, 1.82) is 5.26 Å². The number of carbonyl (C=O) groups is 2. The van der Waals surface area contributed by atoms with E-state index in [0.717, 1.165) is 0 Å². The number of Topliss-reactive ketones (excluding diaryl/α,β-unsaturated/α-hetero) is 1. The van der Waals surface area contributed by atoms with Gasteiger partial charge in [0, 0.05) is 5.69 Å². The van der Waals surface area contributed by atoms with Crippen molar-refractivity contribution >= 4 is 17.8 Å². The van der Waals surface area contributed by atoms with Crippen molar-refractivity contribution in [3.05, 3.63) is 51.9 Å². The van der Waals surface area contributed by atoms with Crippen molar-refractivity contribution < 1.29 is 32.6 Å². The molecule has 2 rings (SSSR count). The van der Waals surface area contributed by atoms with Crippen LogP contribution in [0, 0.1) is 25.2 Å². The SMILES string of the molecule is CCOC(=O)c1c(C)[nH]c(C(=O)/C(C#N)=C/c2ccc(OC(F)F)c(OC)c2)c1C. The number of nitrogens with zero attached hydrogens (tertiary/aromatic N) is 1. The molecule has 1 N–H and O–H groups in total. The van der Waals surface area contributed by atoms with E-state index in [1.807, 2.05) is 6.07 Å². The van der Waals surface area contributed by atoms with E-state index in [2.05, 4.69) is 9.72 Å². The fourth-order valence-corrected chi connectivity index (χ4v) is 2.90. The number of nitriles is 1. The number of benzene rings is 1. The summed E-state index contributed by atoms with van der Waals surface area (Å²) in [6.45, 7) is 2.03. The number of ketones is 1. The molecule has 2 aromatic rings. The Balaban J connectivity index is 2.42. The van der Waals surface area contributed by atoms with Gasteiger partial charge in [0.15, 0.2) is 11.5 Å². The zero-order valence-electron chi connectivity index (χ0n) is 16.8. The molecule has 0 unspecified atom stereocenters. The number of hydrogen-bond acceptors (Lipinski definition) is 6. The number of carbonyl (C=O) groups excluding carboxylic acids is 2. The molecule has 30 heavy (non-hydrogen) atoms. The first-order valence-electron chi connectivity index (χ1n) is 8.89. The molecule has 0 saturated carbocycles. The Hall–Kier alpha value is -3.67. The number of hydrogen-bond donors (Lipinski definition) is 1. The van der Waals surface area contributed by atoms with Gasteiger partial charge >= 0.3 is 12.6 Å². The number of nitrogens with one attached hydrogen (secondary N) is 1. The molecule has 0 radical (unpaired) electrons. The Bertz CT molecular complexity index is 1030. The van der Waals surface area contributed by atoms with Crippen LogP contribution in [0.2, 0.25) is 0 Å². The second-order valence-corrected chi connectivity index (χ2v) is 6.13. The van der Waals surface area contributed by atoms with Gasteiger partial charge in [-0.1, -0.05) is 6.07 Å². The molecule has 1 aromatic carbocycles. The topological polar surface area (TPSA) is 101 Å². The zero-order chi connectivity index (χ0) is 22.4. The smallest absolute Gasteiger partial charge is 0.387 e. The Morgan fingerprint density at radius 3 is 2.53 bits per heavy atom. The largest absolute Gasteiger partial charge is 0.493 e. The molecular formula is C21H20F2N2O5. The van der Waals surface area contributed by atoms with Gasteiger partial charge in [-0.25, -0.2) is 4.79 Å². The van der Waals surface area contributed by atoms with Crippen LogP contribution in [-0.2, 0) is 4.74 Å². The highest BCUT2D eigenvalue weighted by Crippen LogP contribution is 2.30. The first-order valence-corrected chi connectivity index (χ1v) is 8.89. The third-order valence-electron chi connectivity index (χ3n) is 4.22. The summed E-state index contributed by atoms with van der Waals surface area (Å²) in [7, 11) is 1.28. The van der Waals surface area contributed by atoms with Crippen molar-refractivity contribution in [3.63, 3.8) is 0 Å². The van der Waals surface area contributed by atoms with Gasteiger partial charge in [0.2, 0.25) is 5.78 Å². The Labute approximate surface area is 171 Å². The lowest BCUT2D eigenvalue weighted by Crippen LogP contribution is -2.08. The molecular weight excluding hydrogens is 398 g/mol. The van der Waals surface area contributed by atoms with E-state index >= 15 is 0 Å². The molecule has 0 fully saturated rings. The first kappa shape index (κ1) is 22.6. The van der Waals surface area contributed by atoms with Gasteiger partial charge in [0.25, 0.3) is 0 Å². The number of ether oxygens (including phenoxy) is 3. The molecule has 0 atom stereocenters. The van der Waals surface area contributed by atoms with Crippen molar-refractivity contribution in [2.24, 2.45) is 0 Å². The Morgan fingerprint density at radius 2 is 1.97 bits per heavy atom. The minimum atomic E-state index is -3.02. The van der Waals surface area contributed by atoms with Gasteiger partial charge in [-0.3, -0.25) is 4.79 Å². The summed E-state index contributed by atoms with van der Waals surface area (Å²) in [5, 5.41) is 9.48. The normalized spacial score (nSPS) is 11.2. The van der Waals surface area contributed by atoms with Crippen LogP contribution in [0.3, 0.4) is 0 Å². The summed E-state index contributed by atoms with van der Waals surface area (Å²) in [6, 6.07) is 5.84. The number of aromatic amines is 1. The van der Waals surface area contributed by atoms with Gasteiger partial charge < -0.3 is 19.2 Å². The minimum absolute atomic E-state index is 0.0188. The lowest BCUT2D eigenvalue weighted by Gasteiger charge is -2.10. The quantitative estimate of drug-likeness (QED) is 0.298. The van der Waals surface area contributed by atoms with Crippen LogP contribution >= 0.6 is 0 Å². The molecule has 7 nitrogen and oxygen atoms in total. The summed E-state index contributed by atoms with van der Waals surface area (Å²) in [6.07, 6.45) is 1.29. The third-order valence-corrected chi connectivity index (χ3v) is 4.22. The number of aryl methyl sites for hydroxylation is 1. The summed E-state index contributed by atoms with van der Waals surface area (Å²) in [4.78, 5) is 27.8. The maximum absolute atomic E-state index is 12.9. The molecule has 0 saturated heterocycles. The van der Waals surface area contributed by atoms with E-state index in [-0.39, 0.29) is 34.9 Å². The van der Waals surface area contributed by atoms with Crippen LogP contribution in [0.15, 0.2) is 23.8 Å². The van der Waals surface area contributed by atoms with E-state index in [0.29, 0.717) is 16.8 Å². The maximum Gasteiger partial charge on any atom is 0.387 e. The van der Waals surface area contributed by atoms with Crippen LogP contribution in [0.5, 0.6) is 11.5 Å². The molecule has 0 aliphatic rings. The van der Waals surface area contributed by atoms with Crippen molar-refractivity contribution in [1.82, 2.24) is 4.98 Å². The highest BCUT2D eigenvalue weighted by Gasteiger charge is 2.25. The standard InChI is InChI=1S/C21H20F2N2O5/c1-5-29-20(27)17-11(2)18(25-12(17)3)19(26)14(10-24)8-13-6-7-15(30-21(22)23)16(9-13)28-4/h6-9,21,25H,5H2,1-4H3/b14-8+. The van der Waals surface area contributed by atoms with Crippen molar-refractivity contribution in [2.75, 3.05) is 13.7 Å². The molecule has 9 heteroatoms. The molecule has 1 heterocycles. The number of esters is 1. The second-order valence-electron chi connectivity index (χ2n) is 6.13. The second kappa shape index (κ2) is 9.69. The fraction of sp³-hybridized carbons (Fsp3) is 0.286. The zero-order valence-corrected chi connectivity index (χ0v) is 16.8. The lowest BCUT2D eigenvalue weighted by atomic mass is 10.0. The summed E-state index contributed by atoms with van der Waals surface area (Å²) in [5.41, 5.74) is 1.29. The van der Waals surface area contributed by atoms with E-state index in [9.17, 15) is 23.6 Å². The predicted molar refractivity (Wildman–Crippen MR) is 104 cm³/mol. The molecule has 0 bridgehead atoms. The molecule has 0 aliphatic heterocycles. The average molecular weight is 418 g/mol. The van der Waals surface area contributed by atoms with Crippen LogP contribution in [0.25, 0.3) is 6.08 Å². The molecule has 0 spiro atoms. The van der Waals surface area contributed by atoms with E-state index in [1.165, 1.54) is 31.4 Å². The van der Waals surface area contributed by atoms with Gasteiger partial charge in [0.1, 0.15) is 11.6 Å². The van der Waals surface area contributed by atoms with Gasteiger partial charge in [-0.15, -0.1) is 0 Å². The van der Waals surface area contributed by atoms with Gasteiger partial charge in [-0.05, 0) is 50.1 Å². The number of H-pyrrole nitrogens is 1. The van der Waals surface area contributed by atoms with Crippen LogP contribution in [0.1, 0.15) is 44.6 Å². The molecule has 0 aliphatic carbocycles. The Kier molecular flexibility index (Phi) is 7.31. The average Bonchev–Trinajstić information content (AvgIpc) is 3.00. The lowest BCUT2D eigenvalue weighted by molar-refractivity contribution is -0.0512. The first-order chi connectivity index (χ1) is 14.2. The van der Waals surface area contributed by atoms with Gasteiger partial charge in [-0.2, -0.15) is 14.0 Å². The van der Waals surface area contributed by atoms with E-state index in [1.54, 1.807) is 20.8 Å². The van der Waals surface area contributed by atoms with Crippen LogP contribution in [0.4, 0.5) is 8.78 Å². The number of methoxy groups -OCH3 is 1. The summed E-state index contributed by atoms with van der Waals surface area (Å²) < 4.78 is 39.3. The monoisotopic (exact) mass is 418 g/mol. The fourth-order valence-electron chi connectivity index (χ4n) is 2.90. The Morgan fingerprint density at radius 1 is 1.27 bits per heavy atom. The van der Waals surface area contributed by atoms with Gasteiger partial charge in [0.05, 0.1) is 25.0 Å². The number of aromatic nitrogens is 1. The summed E-state index contributed by atoms with van der Waals surface area (Å²) in [5.74, 6) is -1.35.